The van der Waals surface area contributed by atoms with Gasteiger partial charge in [-0.1, -0.05) is 26.8 Å². The Morgan fingerprint density at radius 1 is 1.07 bits per heavy atom. The Morgan fingerprint density at radius 3 is 2.33 bits per heavy atom. The largest absolute Gasteiger partial charge is 0.297 e. The number of carbonyl (C=O) groups is 3. The first-order chi connectivity index (χ1) is 12.7. The average Bonchev–Trinajstić information content (AvgIpc) is 3.08. The van der Waals surface area contributed by atoms with E-state index in [0.29, 0.717) is 5.69 Å². The summed E-state index contributed by atoms with van der Waals surface area (Å²) in [5.41, 5.74) is -0.370. The third kappa shape index (κ3) is 2.52. The number of allylic oxidation sites excluding steroid dienone is 1. The topological polar surface area (TPSA) is 70.0 Å². The van der Waals surface area contributed by atoms with Gasteiger partial charge < -0.3 is 0 Å². The van der Waals surface area contributed by atoms with Crippen LogP contribution in [-0.2, 0) is 14.4 Å². The fraction of sp³-hybridized carbons (Fsp3) is 0.400. The number of imide groups is 1. The smallest absolute Gasteiger partial charge is 0.240 e. The summed E-state index contributed by atoms with van der Waals surface area (Å²) in [5, 5.41) is 5.89. The van der Waals surface area contributed by atoms with E-state index >= 15 is 0 Å². The molecule has 1 aromatic carbocycles. The zero-order chi connectivity index (χ0) is 19.5. The first-order valence-electron chi connectivity index (χ1n) is 8.88. The highest BCUT2D eigenvalue weighted by Gasteiger charge is 2.64. The molecule has 0 radical (unpaired) electrons. The van der Waals surface area contributed by atoms with Crippen molar-refractivity contribution in [1.82, 2.24) is 5.01 Å². The summed E-state index contributed by atoms with van der Waals surface area (Å²) in [6, 6.07) is 3.97. The van der Waals surface area contributed by atoms with Crippen molar-refractivity contribution < 1.29 is 18.8 Å². The van der Waals surface area contributed by atoms with Gasteiger partial charge in [0.2, 0.25) is 11.8 Å². The van der Waals surface area contributed by atoms with E-state index in [1.54, 1.807) is 44.1 Å². The van der Waals surface area contributed by atoms with Crippen LogP contribution in [0.5, 0.6) is 0 Å². The molecule has 0 bridgehead atoms. The minimum atomic E-state index is -0.806. The Hall–Kier alpha value is -2.83. The molecule has 0 aromatic heterocycles. The maximum Gasteiger partial charge on any atom is 0.240 e. The molecule has 0 N–H and O–H groups in total. The maximum absolute atomic E-state index is 13.3. The molecule has 3 heterocycles. The van der Waals surface area contributed by atoms with Gasteiger partial charge in [0.05, 0.1) is 23.6 Å². The predicted octanol–water partition coefficient (Wildman–Crippen LogP) is 2.15. The number of ketones is 1. The number of benzene rings is 1. The van der Waals surface area contributed by atoms with E-state index in [0.717, 1.165) is 4.90 Å². The molecule has 4 atom stereocenters. The molecule has 3 aliphatic rings. The molecule has 0 saturated carbocycles. The summed E-state index contributed by atoms with van der Waals surface area (Å²) in [6.45, 7) is 5.38. The lowest BCUT2D eigenvalue weighted by Gasteiger charge is -2.33. The minimum absolute atomic E-state index is 0.130. The second-order valence-corrected chi connectivity index (χ2v) is 8.12. The number of amides is 2. The molecule has 0 spiro atoms. The maximum atomic E-state index is 13.3. The Bertz CT molecular complexity index is 885. The number of rotatable bonds is 2. The van der Waals surface area contributed by atoms with Gasteiger partial charge in [0, 0.05) is 11.6 Å². The summed E-state index contributed by atoms with van der Waals surface area (Å²) in [6.07, 6.45) is 5.09. The van der Waals surface area contributed by atoms with Crippen molar-refractivity contribution in [2.45, 2.75) is 32.9 Å². The predicted molar refractivity (Wildman–Crippen MR) is 97.4 cm³/mol. The first-order valence-corrected chi connectivity index (χ1v) is 8.88. The quantitative estimate of drug-likeness (QED) is 0.749. The van der Waals surface area contributed by atoms with Crippen LogP contribution >= 0.6 is 0 Å². The monoisotopic (exact) mass is 369 g/mol. The Kier molecular flexibility index (Phi) is 3.80. The molecule has 3 aliphatic heterocycles. The molecule has 4 rings (SSSR count). The molecule has 6 nitrogen and oxygen atoms in total. The van der Waals surface area contributed by atoms with E-state index in [1.807, 2.05) is 0 Å². The van der Waals surface area contributed by atoms with Crippen molar-refractivity contribution in [2.75, 3.05) is 4.90 Å². The van der Waals surface area contributed by atoms with Crippen LogP contribution in [0.4, 0.5) is 10.1 Å². The lowest BCUT2D eigenvalue weighted by atomic mass is 9.80. The standard InChI is InChI=1S/C20H20FN3O3/c1-20(2,3)17(25)16-15-14(13-5-4-10-22-24(13)16)18(26)23(19(15)27)12-8-6-11(21)7-9-12/h4-10,13-16H,1-3H3/t13-,14-,15+,16-/m1/s1. The van der Waals surface area contributed by atoms with Crippen LogP contribution in [0.1, 0.15) is 20.8 Å². The number of hydrazone groups is 1. The normalized spacial score (nSPS) is 29.3. The lowest BCUT2D eigenvalue weighted by Crippen LogP contribution is -2.49. The first kappa shape index (κ1) is 17.6. The average molecular weight is 369 g/mol. The second-order valence-electron chi connectivity index (χ2n) is 8.12. The van der Waals surface area contributed by atoms with Crippen molar-refractivity contribution in [2.24, 2.45) is 22.4 Å². The fourth-order valence-corrected chi connectivity index (χ4v) is 4.13. The van der Waals surface area contributed by atoms with E-state index < -0.39 is 41.1 Å². The van der Waals surface area contributed by atoms with Crippen LogP contribution in [0, 0.1) is 23.1 Å². The molecule has 27 heavy (non-hydrogen) atoms. The highest BCUT2D eigenvalue weighted by molar-refractivity contribution is 6.24. The number of fused-ring (bicyclic) bond motifs is 3. The van der Waals surface area contributed by atoms with Gasteiger partial charge in [-0.2, -0.15) is 5.10 Å². The van der Waals surface area contributed by atoms with Crippen LogP contribution < -0.4 is 4.90 Å². The number of hydrogen-bond acceptors (Lipinski definition) is 5. The molecule has 7 heteroatoms. The number of halogens is 1. The Morgan fingerprint density at radius 2 is 1.70 bits per heavy atom. The van der Waals surface area contributed by atoms with Crippen molar-refractivity contribution in [3.05, 3.63) is 42.2 Å². The molecule has 2 amide bonds. The molecular formula is C20H20FN3O3. The highest BCUT2D eigenvalue weighted by atomic mass is 19.1. The Labute approximate surface area is 156 Å². The number of carbonyl (C=O) groups excluding carboxylic acids is 3. The van der Waals surface area contributed by atoms with Crippen LogP contribution in [0.2, 0.25) is 0 Å². The number of Topliss-reactive ketones (excluding diaryl/α,β-unsaturated/α-hetero) is 1. The molecule has 0 aliphatic carbocycles. The van der Waals surface area contributed by atoms with Crippen molar-refractivity contribution in [3.63, 3.8) is 0 Å². The van der Waals surface area contributed by atoms with Crippen molar-refractivity contribution in [1.29, 1.82) is 0 Å². The zero-order valence-corrected chi connectivity index (χ0v) is 15.3. The third-order valence-corrected chi connectivity index (χ3v) is 5.38. The van der Waals surface area contributed by atoms with Gasteiger partial charge >= 0.3 is 0 Å². The van der Waals surface area contributed by atoms with Crippen LogP contribution in [-0.4, -0.2) is 40.9 Å². The van der Waals surface area contributed by atoms with E-state index in [4.69, 9.17) is 0 Å². The van der Waals surface area contributed by atoms with Crippen LogP contribution in [0.25, 0.3) is 0 Å². The highest BCUT2D eigenvalue weighted by Crippen LogP contribution is 2.47. The van der Waals surface area contributed by atoms with E-state index in [1.165, 1.54) is 24.3 Å². The lowest BCUT2D eigenvalue weighted by molar-refractivity contribution is -0.136. The van der Waals surface area contributed by atoms with E-state index in [2.05, 4.69) is 5.10 Å². The molecule has 1 aromatic rings. The van der Waals surface area contributed by atoms with E-state index in [9.17, 15) is 18.8 Å². The molecular weight excluding hydrogens is 349 g/mol. The summed E-state index contributed by atoms with van der Waals surface area (Å²) in [4.78, 5) is 40.6. The third-order valence-electron chi connectivity index (χ3n) is 5.38. The zero-order valence-electron chi connectivity index (χ0n) is 15.3. The molecule has 140 valence electrons. The van der Waals surface area contributed by atoms with Gasteiger partial charge in [0.1, 0.15) is 11.9 Å². The van der Waals surface area contributed by atoms with Gasteiger partial charge in [0.15, 0.2) is 5.78 Å². The molecule has 2 fully saturated rings. The van der Waals surface area contributed by atoms with Gasteiger partial charge in [-0.3, -0.25) is 19.4 Å². The molecule has 0 unspecified atom stereocenters. The van der Waals surface area contributed by atoms with Gasteiger partial charge in [-0.25, -0.2) is 9.29 Å². The summed E-state index contributed by atoms with van der Waals surface area (Å²) < 4.78 is 13.3. The SMILES string of the molecule is CC(C)(C)C(=O)[C@H]1[C@H]2C(=O)N(c3ccc(F)cc3)C(=O)[C@@H]2[C@H]2C=CC=NN21. The second kappa shape index (κ2) is 5.84. The number of anilines is 1. The summed E-state index contributed by atoms with van der Waals surface area (Å²) in [7, 11) is 0. The number of hydrogen-bond donors (Lipinski definition) is 0. The van der Waals surface area contributed by atoms with Gasteiger partial charge in [-0.15, -0.1) is 0 Å². The minimum Gasteiger partial charge on any atom is -0.297 e. The van der Waals surface area contributed by atoms with Crippen LogP contribution in [0.3, 0.4) is 0 Å². The van der Waals surface area contributed by atoms with Crippen LogP contribution in [0.15, 0.2) is 41.5 Å². The summed E-state index contributed by atoms with van der Waals surface area (Å²) in [5.74, 6) is -2.88. The van der Waals surface area contributed by atoms with E-state index in [-0.39, 0.29) is 11.7 Å². The van der Waals surface area contributed by atoms with Crippen molar-refractivity contribution in [3.8, 4) is 0 Å². The summed E-state index contributed by atoms with van der Waals surface area (Å²) >= 11 is 0. The molecule has 2 saturated heterocycles. The number of nitrogens with zero attached hydrogens (tertiary/aromatic N) is 3. The van der Waals surface area contributed by atoms with Crippen molar-refractivity contribution >= 4 is 29.5 Å². The Balaban J connectivity index is 1.79. The van der Waals surface area contributed by atoms with Gasteiger partial charge in [-0.05, 0) is 30.3 Å². The van der Waals surface area contributed by atoms with Gasteiger partial charge in [0.25, 0.3) is 0 Å². The fourth-order valence-electron chi connectivity index (χ4n) is 4.13.